The zero-order valence-electron chi connectivity index (χ0n) is 12.6. The molecule has 0 aromatic heterocycles. The Bertz CT molecular complexity index is 689. The summed E-state index contributed by atoms with van der Waals surface area (Å²) in [5.74, 6) is 0.480. The van der Waals surface area contributed by atoms with Gasteiger partial charge in [-0.05, 0) is 71.0 Å². The molecule has 0 heterocycles. The van der Waals surface area contributed by atoms with Crippen LogP contribution in [0.5, 0.6) is 5.75 Å². The Hall–Kier alpha value is -1.92. The van der Waals surface area contributed by atoms with Crippen LogP contribution in [0.1, 0.15) is 23.7 Å². The van der Waals surface area contributed by atoms with Gasteiger partial charge in [0.25, 0.3) is 5.91 Å². The molecule has 0 unspecified atom stereocenters. The minimum atomic E-state index is -0.267. The summed E-state index contributed by atoms with van der Waals surface area (Å²) in [5.41, 5.74) is 1.31. The van der Waals surface area contributed by atoms with Crippen LogP contribution >= 0.6 is 28.1 Å². The molecule has 23 heavy (non-hydrogen) atoms. The van der Waals surface area contributed by atoms with Crippen LogP contribution in [0.25, 0.3) is 0 Å². The number of anilines is 1. The van der Waals surface area contributed by atoms with Crippen LogP contribution < -0.4 is 15.4 Å². The summed E-state index contributed by atoms with van der Waals surface area (Å²) in [6.45, 7) is 2.70. The molecule has 0 bridgehead atoms. The highest BCUT2D eigenvalue weighted by atomic mass is 79.9. The Morgan fingerprint density at radius 1 is 1.17 bits per heavy atom. The first-order valence-corrected chi connectivity index (χ1v) is 8.40. The summed E-state index contributed by atoms with van der Waals surface area (Å²) in [6, 6.07) is 14.5. The maximum atomic E-state index is 12.2. The average molecular weight is 393 g/mol. The molecule has 4 nitrogen and oxygen atoms in total. The average Bonchev–Trinajstić information content (AvgIpc) is 2.55. The summed E-state index contributed by atoms with van der Waals surface area (Å²) in [4.78, 5) is 12.2. The van der Waals surface area contributed by atoms with Crippen LogP contribution in [-0.2, 0) is 0 Å². The fraction of sp³-hybridized carbons (Fsp3) is 0.176. The Morgan fingerprint density at radius 2 is 1.87 bits per heavy atom. The molecule has 120 valence electrons. The Balaban J connectivity index is 1.93. The number of carbonyl (C=O) groups excluding carboxylic acids is 1. The first-order chi connectivity index (χ1) is 11.1. The molecule has 0 aliphatic rings. The first-order valence-electron chi connectivity index (χ1n) is 7.20. The summed E-state index contributed by atoms with van der Waals surface area (Å²) in [7, 11) is 0. The van der Waals surface area contributed by atoms with E-state index in [-0.39, 0.29) is 11.0 Å². The fourth-order valence-corrected chi connectivity index (χ4v) is 2.40. The van der Waals surface area contributed by atoms with Crippen molar-refractivity contribution in [1.82, 2.24) is 5.32 Å². The van der Waals surface area contributed by atoms with Gasteiger partial charge in [-0.15, -0.1) is 0 Å². The number of rotatable bonds is 5. The van der Waals surface area contributed by atoms with Gasteiger partial charge in [-0.2, -0.15) is 0 Å². The predicted octanol–water partition coefficient (Wildman–Crippen LogP) is 4.36. The van der Waals surface area contributed by atoms with Crippen LogP contribution in [-0.4, -0.2) is 17.6 Å². The van der Waals surface area contributed by atoms with Crippen LogP contribution in [0.3, 0.4) is 0 Å². The number of thiocarbonyl (C=S) groups is 1. The van der Waals surface area contributed by atoms with Gasteiger partial charge >= 0.3 is 0 Å². The van der Waals surface area contributed by atoms with Crippen molar-refractivity contribution in [2.45, 2.75) is 13.3 Å². The normalized spacial score (nSPS) is 10.0. The lowest BCUT2D eigenvalue weighted by Gasteiger charge is -2.11. The van der Waals surface area contributed by atoms with Gasteiger partial charge in [-0.25, -0.2) is 0 Å². The highest BCUT2D eigenvalue weighted by Gasteiger charge is 2.09. The maximum absolute atomic E-state index is 12.2. The minimum Gasteiger partial charge on any atom is -0.494 e. The van der Waals surface area contributed by atoms with E-state index in [4.69, 9.17) is 17.0 Å². The molecule has 0 aliphatic carbocycles. The second-order valence-corrected chi connectivity index (χ2v) is 6.02. The number of carbonyl (C=O) groups is 1. The van der Waals surface area contributed by atoms with Crippen molar-refractivity contribution in [3.05, 3.63) is 58.6 Å². The van der Waals surface area contributed by atoms with Crippen LogP contribution in [0.4, 0.5) is 5.69 Å². The molecular formula is C17H17BrN2O2S. The molecule has 0 fully saturated rings. The van der Waals surface area contributed by atoms with Crippen molar-refractivity contribution < 1.29 is 9.53 Å². The van der Waals surface area contributed by atoms with E-state index >= 15 is 0 Å². The number of benzene rings is 2. The first kappa shape index (κ1) is 17.4. The van der Waals surface area contributed by atoms with Crippen molar-refractivity contribution in [3.8, 4) is 5.75 Å². The predicted molar refractivity (Wildman–Crippen MR) is 100 cm³/mol. The van der Waals surface area contributed by atoms with E-state index in [1.165, 1.54) is 0 Å². The van der Waals surface area contributed by atoms with Crippen molar-refractivity contribution in [1.29, 1.82) is 0 Å². The van der Waals surface area contributed by atoms with Gasteiger partial charge in [-0.1, -0.05) is 19.1 Å². The zero-order chi connectivity index (χ0) is 16.7. The number of ether oxygens (including phenoxy) is 1. The summed E-state index contributed by atoms with van der Waals surface area (Å²) < 4.78 is 6.36. The minimum absolute atomic E-state index is 0.244. The molecule has 2 aromatic rings. The summed E-state index contributed by atoms with van der Waals surface area (Å²) >= 11 is 8.58. The number of nitrogens with one attached hydrogen (secondary N) is 2. The van der Waals surface area contributed by atoms with Crippen molar-refractivity contribution in [3.63, 3.8) is 0 Å². The van der Waals surface area contributed by atoms with Crippen LogP contribution in [0, 0.1) is 0 Å². The van der Waals surface area contributed by atoms with E-state index in [1.807, 2.05) is 31.2 Å². The molecule has 0 aliphatic heterocycles. The molecule has 1 amide bonds. The van der Waals surface area contributed by atoms with Crippen molar-refractivity contribution in [2.24, 2.45) is 0 Å². The number of halogens is 1. The van der Waals surface area contributed by atoms with Gasteiger partial charge in [-0.3, -0.25) is 10.1 Å². The van der Waals surface area contributed by atoms with Gasteiger partial charge in [0, 0.05) is 10.0 Å². The van der Waals surface area contributed by atoms with Gasteiger partial charge in [0.15, 0.2) is 5.11 Å². The third-order valence-electron chi connectivity index (χ3n) is 2.94. The lowest BCUT2D eigenvalue weighted by molar-refractivity contribution is 0.0977. The van der Waals surface area contributed by atoms with E-state index in [9.17, 15) is 4.79 Å². The van der Waals surface area contributed by atoms with Gasteiger partial charge in [0.1, 0.15) is 5.75 Å². The lowest BCUT2D eigenvalue weighted by atomic mass is 10.2. The zero-order valence-corrected chi connectivity index (χ0v) is 15.0. The number of hydrogen-bond donors (Lipinski definition) is 2. The number of para-hydroxylation sites is 1. The molecule has 0 saturated heterocycles. The van der Waals surface area contributed by atoms with E-state index in [1.54, 1.807) is 24.3 Å². The van der Waals surface area contributed by atoms with Gasteiger partial charge in [0.2, 0.25) is 0 Å². The molecule has 0 spiro atoms. The maximum Gasteiger partial charge on any atom is 0.257 e. The molecule has 2 rings (SSSR count). The SMILES string of the molecule is CCCOc1ccc(C(=O)NC(=S)Nc2ccccc2Br)cc1. The van der Waals surface area contributed by atoms with Gasteiger partial charge < -0.3 is 10.1 Å². The Labute approximate surface area is 149 Å². The van der Waals surface area contributed by atoms with Gasteiger partial charge in [0.05, 0.1) is 12.3 Å². The molecule has 0 radical (unpaired) electrons. The Kier molecular flexibility index (Phi) is 6.55. The fourth-order valence-electron chi connectivity index (χ4n) is 1.81. The lowest BCUT2D eigenvalue weighted by Crippen LogP contribution is -2.34. The van der Waals surface area contributed by atoms with Crippen LogP contribution in [0.2, 0.25) is 0 Å². The number of amides is 1. The van der Waals surface area contributed by atoms with Crippen molar-refractivity contribution in [2.75, 3.05) is 11.9 Å². The van der Waals surface area contributed by atoms with E-state index in [2.05, 4.69) is 26.6 Å². The smallest absolute Gasteiger partial charge is 0.257 e. The highest BCUT2D eigenvalue weighted by molar-refractivity contribution is 9.10. The molecule has 6 heteroatoms. The second-order valence-electron chi connectivity index (χ2n) is 4.76. The summed E-state index contributed by atoms with van der Waals surface area (Å²) in [6.07, 6.45) is 0.942. The van der Waals surface area contributed by atoms with E-state index < -0.39 is 0 Å². The van der Waals surface area contributed by atoms with Crippen LogP contribution in [0.15, 0.2) is 53.0 Å². The summed E-state index contributed by atoms with van der Waals surface area (Å²) in [5, 5.41) is 5.88. The molecule has 2 aromatic carbocycles. The standard InChI is InChI=1S/C17H17BrN2O2S/c1-2-11-22-13-9-7-12(8-10-13)16(21)20-17(23)19-15-6-4-3-5-14(15)18/h3-10H,2,11H2,1H3,(H2,19,20,21,23). The molecular weight excluding hydrogens is 376 g/mol. The second kappa shape index (κ2) is 8.64. The number of hydrogen-bond acceptors (Lipinski definition) is 3. The van der Waals surface area contributed by atoms with E-state index in [0.29, 0.717) is 12.2 Å². The highest BCUT2D eigenvalue weighted by Crippen LogP contribution is 2.21. The monoisotopic (exact) mass is 392 g/mol. The third kappa shape index (κ3) is 5.33. The largest absolute Gasteiger partial charge is 0.494 e. The quantitative estimate of drug-likeness (QED) is 0.741. The topological polar surface area (TPSA) is 50.4 Å². The molecule has 0 saturated carbocycles. The third-order valence-corrected chi connectivity index (χ3v) is 3.83. The Morgan fingerprint density at radius 3 is 2.52 bits per heavy atom. The van der Waals surface area contributed by atoms with Crippen molar-refractivity contribution >= 4 is 44.9 Å². The molecule has 2 N–H and O–H groups in total. The molecule has 0 atom stereocenters. The van der Waals surface area contributed by atoms with E-state index in [0.717, 1.165) is 22.3 Å².